The Labute approximate surface area is 157 Å². The van der Waals surface area contributed by atoms with Gasteiger partial charge in [-0.15, -0.1) is 0 Å². The predicted molar refractivity (Wildman–Crippen MR) is 99.9 cm³/mol. The first-order chi connectivity index (χ1) is 11.9. The van der Waals surface area contributed by atoms with Crippen molar-refractivity contribution >= 4 is 11.9 Å². The van der Waals surface area contributed by atoms with Crippen molar-refractivity contribution < 1.29 is 29.3 Å². The number of hydrogen-bond acceptors (Lipinski definition) is 3. The fraction of sp³-hybridized carbons (Fsp3) is 0.900. The average Bonchev–Trinajstić information content (AvgIpc) is 2.54. The Morgan fingerprint density at radius 1 is 0.731 bits per heavy atom. The summed E-state index contributed by atoms with van der Waals surface area (Å²) in [7, 11) is 0. The first-order valence-electron chi connectivity index (χ1n) is 9.69. The third-order valence-electron chi connectivity index (χ3n) is 5.27. The van der Waals surface area contributed by atoms with Gasteiger partial charge in [-0.1, -0.05) is 79.1 Å². The minimum Gasteiger partial charge on any atom is -0.479 e. The largest absolute Gasteiger partial charge is 0.479 e. The molecule has 0 radical (unpaired) electrons. The number of aliphatic hydroxyl groups is 1. The van der Waals surface area contributed by atoms with Crippen molar-refractivity contribution in [2.75, 3.05) is 0 Å². The van der Waals surface area contributed by atoms with E-state index < -0.39 is 35.0 Å². The van der Waals surface area contributed by atoms with Gasteiger partial charge in [-0.2, -0.15) is 0 Å². The smallest absolute Gasteiger partial charge is 0.338 e. The number of rotatable bonds is 15. The molecule has 0 spiro atoms. The second-order valence-electron chi connectivity index (χ2n) is 8.75. The van der Waals surface area contributed by atoms with Crippen LogP contribution in [-0.2, 0) is 9.59 Å². The molecule has 0 saturated heterocycles. The molecule has 0 aliphatic carbocycles. The van der Waals surface area contributed by atoms with Crippen LogP contribution in [0.25, 0.3) is 0 Å². The van der Waals surface area contributed by atoms with Crippen LogP contribution in [0.1, 0.15) is 91.9 Å². The Kier molecular flexibility index (Phi) is 11.0. The normalized spacial score (nSPS) is 14.8. The van der Waals surface area contributed by atoms with Crippen LogP contribution >= 0.6 is 0 Å². The maximum Gasteiger partial charge on any atom is 0.338 e. The van der Waals surface area contributed by atoms with Crippen LogP contribution in [0.2, 0.25) is 0 Å². The van der Waals surface area contributed by atoms with Crippen LogP contribution in [0.15, 0.2) is 0 Å². The van der Waals surface area contributed by atoms with Gasteiger partial charge in [-0.05, 0) is 12.8 Å². The van der Waals surface area contributed by atoms with Crippen molar-refractivity contribution in [2.45, 2.75) is 104 Å². The van der Waals surface area contributed by atoms with Crippen LogP contribution in [0.5, 0.6) is 0 Å². The van der Waals surface area contributed by atoms with Crippen LogP contribution < -0.4 is 0 Å². The van der Waals surface area contributed by atoms with E-state index in [0.717, 1.165) is 51.4 Å². The Hall–Kier alpha value is -1.17. The van der Waals surface area contributed by atoms with Gasteiger partial charge < -0.3 is 15.3 Å². The first-order valence-corrected chi connectivity index (χ1v) is 9.69. The average molecular weight is 377 g/mol. The third kappa shape index (κ3) is 9.51. The lowest BCUT2D eigenvalue weighted by Crippen LogP contribution is -2.36. The number of carboxylic acid groups (broad SMARTS) is 2. The molecular weight excluding hydrogens is 339 g/mol. The molecule has 0 unspecified atom stereocenters. The maximum atomic E-state index is 13.6. The van der Waals surface area contributed by atoms with Crippen molar-refractivity contribution in [3.63, 3.8) is 0 Å². The molecule has 0 rings (SSSR count). The molecule has 154 valence electrons. The molecule has 26 heavy (non-hydrogen) atoms. The quantitative estimate of drug-likeness (QED) is 0.357. The molecule has 5 nitrogen and oxygen atoms in total. The molecule has 0 aromatic heterocycles. The lowest BCUT2D eigenvalue weighted by molar-refractivity contribution is -0.153. The zero-order valence-electron chi connectivity index (χ0n) is 16.8. The summed E-state index contributed by atoms with van der Waals surface area (Å²) in [5.41, 5.74) is -1.43. The fourth-order valence-electron chi connectivity index (χ4n) is 3.15. The van der Waals surface area contributed by atoms with Gasteiger partial charge in [0.1, 0.15) is 0 Å². The Bertz CT molecular complexity index is 394. The lowest BCUT2D eigenvalue weighted by atomic mass is 9.81. The summed E-state index contributed by atoms with van der Waals surface area (Å²) in [5.74, 6) is -2.55. The number of alkyl halides is 1. The van der Waals surface area contributed by atoms with Gasteiger partial charge in [-0.3, -0.25) is 0 Å². The van der Waals surface area contributed by atoms with Gasteiger partial charge in [0.25, 0.3) is 0 Å². The van der Waals surface area contributed by atoms with Crippen molar-refractivity contribution in [3.05, 3.63) is 0 Å². The van der Waals surface area contributed by atoms with Gasteiger partial charge in [0, 0.05) is 10.8 Å². The van der Waals surface area contributed by atoms with Crippen molar-refractivity contribution in [3.8, 4) is 0 Å². The second kappa shape index (κ2) is 11.5. The Morgan fingerprint density at radius 2 is 1.08 bits per heavy atom. The SMILES string of the molecule is CC(C)(CCCCCCCCCCC(C)(C)[C@@H](F)C(=O)O)[C@H](O)C(=O)O. The van der Waals surface area contributed by atoms with Crippen molar-refractivity contribution in [2.24, 2.45) is 10.8 Å². The zero-order chi connectivity index (χ0) is 20.4. The topological polar surface area (TPSA) is 94.8 Å². The summed E-state index contributed by atoms with van der Waals surface area (Å²) in [6.07, 6.45) is 6.19. The van der Waals surface area contributed by atoms with Gasteiger partial charge >= 0.3 is 11.9 Å². The molecule has 0 aliphatic heterocycles. The third-order valence-corrected chi connectivity index (χ3v) is 5.27. The molecule has 3 N–H and O–H groups in total. The highest BCUT2D eigenvalue weighted by molar-refractivity contribution is 5.73. The van der Waals surface area contributed by atoms with Crippen LogP contribution in [-0.4, -0.2) is 39.5 Å². The minimum absolute atomic E-state index is 0.571. The molecule has 0 aliphatic rings. The monoisotopic (exact) mass is 376 g/mol. The molecule has 0 saturated carbocycles. The molecule has 0 amide bonds. The van der Waals surface area contributed by atoms with E-state index in [4.69, 9.17) is 10.2 Å². The Morgan fingerprint density at radius 3 is 1.42 bits per heavy atom. The first kappa shape index (κ1) is 24.8. The van der Waals surface area contributed by atoms with E-state index >= 15 is 0 Å². The molecule has 6 heteroatoms. The number of aliphatic hydroxyl groups excluding tert-OH is 1. The summed E-state index contributed by atoms with van der Waals surface area (Å²) >= 11 is 0. The second-order valence-corrected chi connectivity index (χ2v) is 8.75. The number of unbranched alkanes of at least 4 members (excludes halogenated alkanes) is 7. The van der Waals surface area contributed by atoms with Crippen molar-refractivity contribution in [1.82, 2.24) is 0 Å². The molecule has 0 bridgehead atoms. The van der Waals surface area contributed by atoms with E-state index in [1.54, 1.807) is 27.7 Å². The van der Waals surface area contributed by atoms with E-state index in [9.17, 15) is 19.1 Å². The molecule has 2 atom stereocenters. The molecule has 0 aromatic carbocycles. The number of hydrogen-bond donors (Lipinski definition) is 3. The molecule has 0 fully saturated rings. The fourth-order valence-corrected chi connectivity index (χ4v) is 3.15. The summed E-state index contributed by atoms with van der Waals surface area (Å²) in [6, 6.07) is 0. The van der Waals surface area contributed by atoms with Crippen LogP contribution in [0.4, 0.5) is 4.39 Å². The van der Waals surface area contributed by atoms with Crippen LogP contribution in [0.3, 0.4) is 0 Å². The van der Waals surface area contributed by atoms with E-state index in [1.807, 2.05) is 0 Å². The summed E-state index contributed by atoms with van der Waals surface area (Å²) in [5, 5.41) is 27.3. The summed E-state index contributed by atoms with van der Waals surface area (Å²) in [4.78, 5) is 21.6. The Balaban J connectivity index is 3.69. The van der Waals surface area contributed by atoms with Crippen LogP contribution in [0, 0.1) is 10.8 Å². The van der Waals surface area contributed by atoms with Gasteiger partial charge in [-0.25, -0.2) is 14.0 Å². The molecule has 0 aromatic rings. The lowest BCUT2D eigenvalue weighted by Gasteiger charge is -2.27. The standard InChI is InChI=1S/C20H37FO5/c1-19(2,15(21)17(23)24)13-11-9-7-5-6-8-10-12-14-20(3,4)16(22)18(25)26/h15-16,22H,5-14H2,1-4H3,(H,23,24)(H,25,26)/t15-,16+/m0/s1. The maximum absolute atomic E-state index is 13.6. The predicted octanol–water partition coefficient (Wildman–Crippen LogP) is 4.81. The number of carbonyl (C=O) groups is 2. The summed E-state index contributed by atoms with van der Waals surface area (Å²) < 4.78 is 13.6. The van der Waals surface area contributed by atoms with E-state index in [-0.39, 0.29) is 0 Å². The van der Waals surface area contributed by atoms with E-state index in [1.165, 1.54) is 0 Å². The minimum atomic E-state index is -1.81. The number of carboxylic acids is 2. The van der Waals surface area contributed by atoms with E-state index in [0.29, 0.717) is 12.8 Å². The molecular formula is C20H37FO5. The highest BCUT2D eigenvalue weighted by Gasteiger charge is 2.34. The van der Waals surface area contributed by atoms with Gasteiger partial charge in [0.15, 0.2) is 6.10 Å². The van der Waals surface area contributed by atoms with Gasteiger partial charge in [0.05, 0.1) is 0 Å². The summed E-state index contributed by atoms with van der Waals surface area (Å²) in [6.45, 7) is 6.88. The highest BCUT2D eigenvalue weighted by atomic mass is 19.1. The zero-order valence-corrected chi connectivity index (χ0v) is 16.8. The number of aliphatic carboxylic acids is 2. The number of halogens is 1. The highest BCUT2D eigenvalue weighted by Crippen LogP contribution is 2.31. The van der Waals surface area contributed by atoms with Gasteiger partial charge in [0.2, 0.25) is 6.17 Å². The van der Waals surface area contributed by atoms with E-state index in [2.05, 4.69) is 0 Å². The molecule has 0 heterocycles. The van der Waals surface area contributed by atoms with Crippen molar-refractivity contribution in [1.29, 1.82) is 0 Å².